The van der Waals surface area contributed by atoms with Crippen LogP contribution in [0.25, 0.3) is 0 Å². The van der Waals surface area contributed by atoms with Crippen LogP contribution in [0.1, 0.15) is 5.56 Å². The Morgan fingerprint density at radius 2 is 2.17 bits per heavy atom. The summed E-state index contributed by atoms with van der Waals surface area (Å²) in [6.45, 7) is 0.269. The Hall–Kier alpha value is -2.30. The van der Waals surface area contributed by atoms with Gasteiger partial charge in [-0.25, -0.2) is 4.39 Å². The summed E-state index contributed by atoms with van der Waals surface area (Å²) in [4.78, 5) is 11.7. The molecule has 0 fully saturated rings. The average molecular weight is 248 g/mol. The molecular weight excluding hydrogens is 235 g/mol. The molecule has 0 spiro atoms. The van der Waals surface area contributed by atoms with Gasteiger partial charge < -0.3 is 15.0 Å². The number of rotatable bonds is 3. The maximum Gasteiger partial charge on any atom is 0.273 e. The molecule has 1 aromatic carbocycles. The highest BCUT2D eigenvalue weighted by Crippen LogP contribution is 2.18. The predicted octanol–water partition coefficient (Wildman–Crippen LogP) is 1.63. The summed E-state index contributed by atoms with van der Waals surface area (Å²) in [5.74, 6) is -0.273. The average Bonchev–Trinajstić information content (AvgIpc) is 2.35. The van der Waals surface area contributed by atoms with Gasteiger partial charge in [-0.2, -0.15) is 0 Å². The van der Waals surface area contributed by atoms with Gasteiger partial charge in [-0.1, -0.05) is 6.07 Å². The minimum Gasteiger partial charge on any atom is -0.494 e. The minimum absolute atomic E-state index is 0.173. The lowest BCUT2D eigenvalue weighted by Crippen LogP contribution is -2.22. The van der Waals surface area contributed by atoms with Gasteiger partial charge in [-0.15, -0.1) is 0 Å². The van der Waals surface area contributed by atoms with E-state index < -0.39 is 5.82 Å². The molecule has 1 aromatic heterocycles. The molecule has 0 atom stereocenters. The molecule has 18 heavy (non-hydrogen) atoms. The summed E-state index contributed by atoms with van der Waals surface area (Å²) >= 11 is 0. The van der Waals surface area contributed by atoms with Crippen LogP contribution in [0.15, 0.2) is 41.3 Å². The molecule has 94 valence electrons. The quantitative estimate of drug-likeness (QED) is 0.898. The number of hydrogen-bond donors (Lipinski definition) is 1. The highest BCUT2D eigenvalue weighted by atomic mass is 19.1. The van der Waals surface area contributed by atoms with Crippen molar-refractivity contribution in [2.45, 2.75) is 6.54 Å². The largest absolute Gasteiger partial charge is 0.494 e. The molecule has 0 amide bonds. The van der Waals surface area contributed by atoms with E-state index in [2.05, 4.69) is 0 Å². The number of methoxy groups -OCH3 is 1. The number of hydrogen-bond acceptors (Lipinski definition) is 3. The zero-order valence-electron chi connectivity index (χ0n) is 9.89. The van der Waals surface area contributed by atoms with Gasteiger partial charge in [-0.3, -0.25) is 4.79 Å². The fourth-order valence-corrected chi connectivity index (χ4v) is 1.68. The Bertz CT molecular complexity index is 623. The number of aromatic nitrogens is 1. The molecule has 2 aromatic rings. The van der Waals surface area contributed by atoms with Crippen molar-refractivity contribution in [2.24, 2.45) is 0 Å². The van der Waals surface area contributed by atoms with Gasteiger partial charge in [0.1, 0.15) is 0 Å². The molecule has 5 heteroatoms. The van der Waals surface area contributed by atoms with Crippen molar-refractivity contribution in [2.75, 3.05) is 12.8 Å². The van der Waals surface area contributed by atoms with Gasteiger partial charge in [0, 0.05) is 6.20 Å². The van der Waals surface area contributed by atoms with Gasteiger partial charge in [0.15, 0.2) is 11.6 Å². The topological polar surface area (TPSA) is 57.2 Å². The molecule has 0 radical (unpaired) electrons. The Morgan fingerprint density at radius 1 is 1.39 bits per heavy atom. The van der Waals surface area contributed by atoms with E-state index in [1.165, 1.54) is 29.9 Å². The normalized spacial score (nSPS) is 10.3. The third-order valence-electron chi connectivity index (χ3n) is 2.62. The first-order chi connectivity index (χ1) is 8.61. The molecule has 0 aliphatic rings. The van der Waals surface area contributed by atoms with Crippen LogP contribution in [0.5, 0.6) is 5.75 Å². The van der Waals surface area contributed by atoms with Crippen molar-refractivity contribution in [1.29, 1.82) is 0 Å². The number of nitrogens with zero attached hydrogens (tertiary/aromatic N) is 1. The third kappa shape index (κ3) is 2.34. The fraction of sp³-hybridized carbons (Fsp3) is 0.154. The summed E-state index contributed by atoms with van der Waals surface area (Å²) in [6.07, 6.45) is 1.61. The van der Waals surface area contributed by atoms with E-state index in [9.17, 15) is 9.18 Å². The van der Waals surface area contributed by atoms with Crippen molar-refractivity contribution in [3.63, 3.8) is 0 Å². The maximum atomic E-state index is 13.5. The molecule has 0 saturated carbocycles. The molecule has 1 heterocycles. The lowest BCUT2D eigenvalue weighted by Gasteiger charge is -2.08. The van der Waals surface area contributed by atoms with Crippen molar-refractivity contribution in [3.8, 4) is 5.75 Å². The molecule has 0 aliphatic heterocycles. The van der Waals surface area contributed by atoms with Gasteiger partial charge in [0.25, 0.3) is 5.56 Å². The van der Waals surface area contributed by atoms with Crippen LogP contribution in [0.4, 0.5) is 10.1 Å². The monoisotopic (exact) mass is 248 g/mol. The van der Waals surface area contributed by atoms with Crippen molar-refractivity contribution < 1.29 is 9.13 Å². The van der Waals surface area contributed by atoms with E-state index in [4.69, 9.17) is 10.5 Å². The van der Waals surface area contributed by atoms with E-state index in [-0.39, 0.29) is 23.5 Å². The first-order valence-electron chi connectivity index (χ1n) is 5.39. The Morgan fingerprint density at radius 3 is 2.83 bits per heavy atom. The summed E-state index contributed by atoms with van der Waals surface area (Å²) in [7, 11) is 1.40. The third-order valence-corrected chi connectivity index (χ3v) is 2.62. The van der Waals surface area contributed by atoms with Gasteiger partial charge >= 0.3 is 0 Å². The number of benzene rings is 1. The number of anilines is 1. The molecule has 0 aliphatic carbocycles. The van der Waals surface area contributed by atoms with Crippen LogP contribution in [0.2, 0.25) is 0 Å². The lowest BCUT2D eigenvalue weighted by atomic mass is 10.2. The van der Waals surface area contributed by atoms with E-state index >= 15 is 0 Å². The molecular formula is C13H13FN2O2. The van der Waals surface area contributed by atoms with Crippen molar-refractivity contribution in [3.05, 3.63) is 58.3 Å². The second-order valence-corrected chi connectivity index (χ2v) is 3.87. The van der Waals surface area contributed by atoms with Crippen LogP contribution in [-0.4, -0.2) is 11.7 Å². The van der Waals surface area contributed by atoms with Gasteiger partial charge in [0.05, 0.1) is 19.3 Å². The highest BCUT2D eigenvalue weighted by Gasteiger charge is 2.05. The van der Waals surface area contributed by atoms with E-state index in [0.717, 1.165) is 0 Å². The van der Waals surface area contributed by atoms with Crippen LogP contribution in [-0.2, 0) is 6.54 Å². The summed E-state index contributed by atoms with van der Waals surface area (Å²) in [6, 6.07) is 7.79. The van der Waals surface area contributed by atoms with Crippen LogP contribution in [0, 0.1) is 5.82 Å². The second-order valence-electron chi connectivity index (χ2n) is 3.87. The van der Waals surface area contributed by atoms with E-state index in [0.29, 0.717) is 5.56 Å². The number of pyridine rings is 1. The van der Waals surface area contributed by atoms with Gasteiger partial charge in [-0.05, 0) is 29.8 Å². The van der Waals surface area contributed by atoms with Crippen LogP contribution >= 0.6 is 0 Å². The SMILES string of the molecule is COc1ccc(Cn2cccc(N)c2=O)cc1F. The Balaban J connectivity index is 2.32. The zero-order valence-corrected chi connectivity index (χ0v) is 9.89. The smallest absolute Gasteiger partial charge is 0.273 e. The first kappa shape index (κ1) is 12.2. The Kier molecular flexibility index (Phi) is 3.32. The standard InChI is InChI=1S/C13H13FN2O2/c1-18-12-5-4-9(7-10(12)14)8-16-6-2-3-11(15)13(16)17/h2-7H,8,15H2,1H3. The first-order valence-corrected chi connectivity index (χ1v) is 5.39. The minimum atomic E-state index is -0.452. The van der Waals surface area contributed by atoms with Gasteiger partial charge in [0.2, 0.25) is 0 Å². The number of nitrogens with two attached hydrogens (primary N) is 1. The van der Waals surface area contributed by atoms with Crippen LogP contribution < -0.4 is 16.0 Å². The van der Waals surface area contributed by atoms with E-state index in [1.54, 1.807) is 18.3 Å². The highest BCUT2D eigenvalue weighted by molar-refractivity contribution is 5.34. The molecule has 0 saturated heterocycles. The predicted molar refractivity (Wildman–Crippen MR) is 67.2 cm³/mol. The molecule has 2 N–H and O–H groups in total. The maximum absolute atomic E-state index is 13.5. The summed E-state index contributed by atoms with van der Waals surface area (Å²) in [5, 5.41) is 0. The number of nitrogen functional groups attached to an aromatic ring is 1. The van der Waals surface area contributed by atoms with Crippen LogP contribution in [0.3, 0.4) is 0 Å². The molecule has 2 rings (SSSR count). The van der Waals surface area contributed by atoms with Crippen molar-refractivity contribution >= 4 is 5.69 Å². The van der Waals surface area contributed by atoms with E-state index in [1.807, 2.05) is 0 Å². The fourth-order valence-electron chi connectivity index (χ4n) is 1.68. The van der Waals surface area contributed by atoms with Crippen molar-refractivity contribution in [1.82, 2.24) is 4.57 Å². The Labute approximate surface area is 103 Å². The molecule has 0 bridgehead atoms. The summed E-state index contributed by atoms with van der Waals surface area (Å²) < 4.78 is 19.8. The zero-order chi connectivity index (χ0) is 13.1. The molecule has 4 nitrogen and oxygen atoms in total. The second kappa shape index (κ2) is 4.91. The lowest BCUT2D eigenvalue weighted by molar-refractivity contribution is 0.386. The molecule has 0 unspecified atom stereocenters. The number of ether oxygens (including phenoxy) is 1. The number of halogens is 1. The summed E-state index contributed by atoms with van der Waals surface area (Å²) in [5.41, 5.74) is 6.08.